The second kappa shape index (κ2) is 8.37. The van der Waals surface area contributed by atoms with Crippen LogP contribution in [0.2, 0.25) is 0 Å². The van der Waals surface area contributed by atoms with Crippen LogP contribution in [0.25, 0.3) is 0 Å². The molecule has 26 heavy (non-hydrogen) atoms. The lowest BCUT2D eigenvalue weighted by molar-refractivity contribution is -0.121. The number of hydrogen-bond acceptors (Lipinski definition) is 4. The molecule has 1 aliphatic rings. The second-order valence-electron chi connectivity index (χ2n) is 6.25. The molecule has 134 valence electrons. The fourth-order valence-corrected chi connectivity index (χ4v) is 2.96. The Morgan fingerprint density at radius 3 is 2.35 bits per heavy atom. The third kappa shape index (κ3) is 4.52. The van der Waals surface area contributed by atoms with Gasteiger partial charge in [0.05, 0.1) is 12.8 Å². The molecule has 0 aliphatic carbocycles. The maximum absolute atomic E-state index is 12.4. The molecule has 2 aromatic rings. The Bertz CT molecular complexity index is 783. The van der Waals surface area contributed by atoms with Gasteiger partial charge in [-0.2, -0.15) is 0 Å². The fraction of sp³-hybridized carbons (Fsp3) is 0.300. The van der Waals surface area contributed by atoms with E-state index in [1.165, 1.54) is 6.26 Å². The van der Waals surface area contributed by atoms with Crippen LogP contribution in [-0.4, -0.2) is 36.3 Å². The molecule has 0 spiro atoms. The minimum Gasteiger partial charge on any atom is -0.459 e. The molecule has 0 saturated carbocycles. The van der Waals surface area contributed by atoms with Crippen LogP contribution in [-0.2, 0) is 4.79 Å². The first-order valence-electron chi connectivity index (χ1n) is 8.57. The number of benzene rings is 1. The van der Waals surface area contributed by atoms with Gasteiger partial charge in [-0.05, 0) is 62.3 Å². The fourth-order valence-electron chi connectivity index (χ4n) is 2.96. The zero-order valence-electron chi connectivity index (χ0n) is 14.4. The molecule has 1 aliphatic heterocycles. The Morgan fingerprint density at radius 2 is 1.77 bits per heavy atom. The average Bonchev–Trinajstić information content (AvgIpc) is 3.19. The van der Waals surface area contributed by atoms with Crippen molar-refractivity contribution in [1.29, 1.82) is 0 Å². The van der Waals surface area contributed by atoms with Gasteiger partial charge in [-0.3, -0.25) is 14.5 Å². The van der Waals surface area contributed by atoms with Crippen molar-refractivity contribution < 1.29 is 14.0 Å². The highest BCUT2D eigenvalue weighted by Crippen LogP contribution is 2.20. The summed E-state index contributed by atoms with van der Waals surface area (Å²) in [5, 5.41) is 5.68. The van der Waals surface area contributed by atoms with E-state index in [2.05, 4.69) is 21.5 Å². The summed E-state index contributed by atoms with van der Waals surface area (Å²) in [5.41, 5.74) is 1.34. The molecule has 2 amide bonds. The number of carbonyl (C=O) groups excluding carboxylic acids is 2. The molecule has 0 atom stereocenters. The van der Waals surface area contributed by atoms with Gasteiger partial charge in [-0.1, -0.05) is 5.92 Å². The zero-order chi connectivity index (χ0) is 18.4. The van der Waals surface area contributed by atoms with E-state index in [4.69, 9.17) is 10.8 Å². The summed E-state index contributed by atoms with van der Waals surface area (Å²) in [7, 11) is 0. The molecule has 6 nitrogen and oxygen atoms in total. The maximum atomic E-state index is 12.4. The molecule has 0 radical (unpaired) electrons. The third-order valence-electron chi connectivity index (χ3n) is 4.43. The topological polar surface area (TPSA) is 74.6 Å². The van der Waals surface area contributed by atoms with Crippen molar-refractivity contribution in [1.82, 2.24) is 4.90 Å². The van der Waals surface area contributed by atoms with Gasteiger partial charge < -0.3 is 15.1 Å². The van der Waals surface area contributed by atoms with Crippen molar-refractivity contribution in [3.8, 4) is 12.3 Å². The van der Waals surface area contributed by atoms with Crippen LogP contribution < -0.4 is 10.6 Å². The van der Waals surface area contributed by atoms with Crippen molar-refractivity contribution in [3.05, 3.63) is 48.4 Å². The van der Waals surface area contributed by atoms with Gasteiger partial charge >= 0.3 is 0 Å². The number of nitrogens with one attached hydrogen (secondary N) is 2. The molecule has 1 fully saturated rings. The molecule has 2 N–H and O–H groups in total. The highest BCUT2D eigenvalue weighted by Gasteiger charge is 2.24. The standard InChI is InChI=1S/C20H21N3O3/c1-2-11-23-12-9-15(10-13-23)19(24)21-16-5-7-17(8-6-16)22-20(25)18-4-3-14-26-18/h1,3-8,14-15H,9-13H2,(H,21,24)(H,22,25). The quantitative estimate of drug-likeness (QED) is 0.813. The van der Waals surface area contributed by atoms with Crippen molar-refractivity contribution in [2.75, 3.05) is 30.3 Å². The number of piperidine rings is 1. The largest absolute Gasteiger partial charge is 0.459 e. The van der Waals surface area contributed by atoms with Crippen molar-refractivity contribution in [3.63, 3.8) is 0 Å². The molecule has 1 saturated heterocycles. The molecule has 1 aromatic heterocycles. The van der Waals surface area contributed by atoms with Crippen LogP contribution in [0.1, 0.15) is 23.4 Å². The smallest absolute Gasteiger partial charge is 0.291 e. The minimum atomic E-state index is -0.314. The van der Waals surface area contributed by atoms with Crippen LogP contribution in [0.4, 0.5) is 11.4 Å². The lowest BCUT2D eigenvalue weighted by Gasteiger charge is -2.29. The average molecular weight is 351 g/mol. The lowest BCUT2D eigenvalue weighted by Crippen LogP contribution is -2.38. The van der Waals surface area contributed by atoms with Crippen LogP contribution in [0.5, 0.6) is 0 Å². The number of likely N-dealkylation sites (tertiary alicyclic amines) is 1. The maximum Gasteiger partial charge on any atom is 0.291 e. The van der Waals surface area contributed by atoms with E-state index in [1.807, 2.05) is 0 Å². The molecular weight excluding hydrogens is 330 g/mol. The molecule has 3 rings (SSSR count). The number of carbonyl (C=O) groups is 2. The van der Waals surface area contributed by atoms with Gasteiger partial charge in [0, 0.05) is 17.3 Å². The summed E-state index contributed by atoms with van der Waals surface area (Å²) < 4.78 is 5.05. The number of terminal acetylenes is 1. The predicted octanol–water partition coefficient (Wildman–Crippen LogP) is 2.82. The van der Waals surface area contributed by atoms with Gasteiger partial charge in [0.15, 0.2) is 5.76 Å². The number of anilines is 2. The molecule has 0 unspecified atom stereocenters. The van der Waals surface area contributed by atoms with Gasteiger partial charge in [0.1, 0.15) is 0 Å². The van der Waals surface area contributed by atoms with Crippen molar-refractivity contribution in [2.24, 2.45) is 5.92 Å². The monoisotopic (exact) mass is 351 g/mol. The van der Waals surface area contributed by atoms with E-state index in [-0.39, 0.29) is 23.5 Å². The second-order valence-corrected chi connectivity index (χ2v) is 6.25. The highest BCUT2D eigenvalue weighted by molar-refractivity contribution is 6.02. The van der Waals surface area contributed by atoms with E-state index < -0.39 is 0 Å². The van der Waals surface area contributed by atoms with Crippen LogP contribution in [0, 0.1) is 18.3 Å². The van der Waals surface area contributed by atoms with E-state index >= 15 is 0 Å². The minimum absolute atomic E-state index is 0.00218. The van der Waals surface area contributed by atoms with Gasteiger partial charge in [-0.15, -0.1) is 6.42 Å². The van der Waals surface area contributed by atoms with E-state index in [1.54, 1.807) is 36.4 Å². The Morgan fingerprint density at radius 1 is 1.12 bits per heavy atom. The van der Waals surface area contributed by atoms with E-state index in [9.17, 15) is 9.59 Å². The van der Waals surface area contributed by atoms with Gasteiger partial charge in [0.25, 0.3) is 5.91 Å². The Balaban J connectivity index is 1.50. The van der Waals surface area contributed by atoms with E-state index in [0.29, 0.717) is 17.9 Å². The molecule has 6 heteroatoms. The molecule has 2 heterocycles. The number of rotatable bonds is 5. The summed E-state index contributed by atoms with van der Waals surface area (Å²) in [5.74, 6) is 2.60. The van der Waals surface area contributed by atoms with Crippen LogP contribution in [0.15, 0.2) is 47.1 Å². The summed E-state index contributed by atoms with van der Waals surface area (Å²) in [6, 6.07) is 10.3. The van der Waals surface area contributed by atoms with Crippen LogP contribution >= 0.6 is 0 Å². The number of hydrogen-bond donors (Lipinski definition) is 2. The number of amides is 2. The number of furan rings is 1. The Kier molecular flexibility index (Phi) is 5.72. The lowest BCUT2D eigenvalue weighted by atomic mass is 9.96. The first-order chi connectivity index (χ1) is 12.7. The summed E-state index contributed by atoms with van der Waals surface area (Å²) >= 11 is 0. The zero-order valence-corrected chi connectivity index (χ0v) is 14.4. The Hall–Kier alpha value is -3.04. The molecule has 1 aromatic carbocycles. The first-order valence-corrected chi connectivity index (χ1v) is 8.57. The van der Waals surface area contributed by atoms with Crippen molar-refractivity contribution in [2.45, 2.75) is 12.8 Å². The Labute approximate surface area is 152 Å². The summed E-state index contributed by atoms with van der Waals surface area (Å²) in [4.78, 5) is 26.5. The molecule has 0 bridgehead atoms. The predicted molar refractivity (Wildman–Crippen MR) is 99.7 cm³/mol. The van der Waals surface area contributed by atoms with Crippen LogP contribution in [0.3, 0.4) is 0 Å². The van der Waals surface area contributed by atoms with Gasteiger partial charge in [-0.25, -0.2) is 0 Å². The highest BCUT2D eigenvalue weighted by atomic mass is 16.3. The van der Waals surface area contributed by atoms with E-state index in [0.717, 1.165) is 25.9 Å². The SMILES string of the molecule is C#CCN1CCC(C(=O)Nc2ccc(NC(=O)c3ccco3)cc2)CC1. The normalized spacial score (nSPS) is 15.2. The van der Waals surface area contributed by atoms with Crippen molar-refractivity contribution >= 4 is 23.2 Å². The summed E-state index contributed by atoms with van der Waals surface area (Å²) in [6.45, 7) is 2.33. The molecular formula is C20H21N3O3. The first kappa shape index (κ1) is 17.8. The number of nitrogens with zero attached hydrogens (tertiary/aromatic N) is 1. The summed E-state index contributed by atoms with van der Waals surface area (Å²) in [6.07, 6.45) is 8.39. The third-order valence-corrected chi connectivity index (χ3v) is 4.43. The van der Waals surface area contributed by atoms with Gasteiger partial charge in [0.2, 0.25) is 5.91 Å².